The molecule has 3 nitrogen and oxygen atoms in total. The third-order valence-corrected chi connectivity index (χ3v) is 3.09. The molecular weight excluding hydrogens is 190 g/mol. The van der Waals surface area contributed by atoms with Gasteiger partial charge in [0.1, 0.15) is 0 Å². The molecule has 0 spiro atoms. The first-order chi connectivity index (χ1) is 7.22. The molecule has 0 aromatic rings. The zero-order valence-electron chi connectivity index (χ0n) is 10.5. The van der Waals surface area contributed by atoms with Crippen LogP contribution < -0.4 is 5.32 Å². The highest BCUT2D eigenvalue weighted by atomic mass is 16.5. The number of methoxy groups -OCH3 is 1. The Morgan fingerprint density at radius 3 is 2.67 bits per heavy atom. The lowest BCUT2D eigenvalue weighted by molar-refractivity contribution is -0.154. The summed E-state index contributed by atoms with van der Waals surface area (Å²) in [7, 11) is 1.77. The second kappa shape index (κ2) is 6.46. The van der Waals surface area contributed by atoms with Crippen LogP contribution in [0.4, 0.5) is 0 Å². The lowest BCUT2D eigenvalue weighted by Gasteiger charge is -2.44. The Kier molecular flexibility index (Phi) is 5.58. The van der Waals surface area contributed by atoms with Crippen molar-refractivity contribution in [3.63, 3.8) is 0 Å². The Morgan fingerprint density at radius 2 is 2.13 bits per heavy atom. The molecule has 0 aromatic carbocycles. The summed E-state index contributed by atoms with van der Waals surface area (Å²) in [4.78, 5) is 0. The molecule has 1 N–H and O–H groups in total. The molecule has 0 amide bonds. The average molecular weight is 215 g/mol. The van der Waals surface area contributed by atoms with E-state index in [4.69, 9.17) is 9.47 Å². The van der Waals surface area contributed by atoms with Crippen LogP contribution in [0.3, 0.4) is 0 Å². The van der Waals surface area contributed by atoms with Gasteiger partial charge in [-0.15, -0.1) is 0 Å². The van der Waals surface area contributed by atoms with Crippen LogP contribution in [0.1, 0.15) is 40.0 Å². The molecule has 0 bridgehead atoms. The highest BCUT2D eigenvalue weighted by molar-refractivity contribution is 4.97. The van der Waals surface area contributed by atoms with Gasteiger partial charge in [-0.25, -0.2) is 0 Å². The number of rotatable bonds is 7. The van der Waals surface area contributed by atoms with Gasteiger partial charge in [0.25, 0.3) is 0 Å². The molecule has 15 heavy (non-hydrogen) atoms. The van der Waals surface area contributed by atoms with Gasteiger partial charge in [-0.3, -0.25) is 0 Å². The van der Waals surface area contributed by atoms with E-state index in [0.29, 0.717) is 18.2 Å². The molecule has 90 valence electrons. The van der Waals surface area contributed by atoms with Crippen molar-refractivity contribution in [3.05, 3.63) is 0 Å². The third-order valence-electron chi connectivity index (χ3n) is 3.09. The minimum absolute atomic E-state index is 0.240. The molecule has 0 aliphatic heterocycles. The van der Waals surface area contributed by atoms with Crippen LogP contribution in [0.5, 0.6) is 0 Å². The first kappa shape index (κ1) is 12.9. The molecule has 0 heterocycles. The average Bonchev–Trinajstić information content (AvgIpc) is 2.17. The molecule has 4 atom stereocenters. The minimum Gasteiger partial charge on any atom is -0.377 e. The van der Waals surface area contributed by atoms with Crippen LogP contribution in [-0.2, 0) is 9.47 Å². The Labute approximate surface area is 93.5 Å². The van der Waals surface area contributed by atoms with E-state index < -0.39 is 0 Å². The lowest BCUT2D eigenvalue weighted by atomic mass is 9.85. The van der Waals surface area contributed by atoms with Crippen molar-refractivity contribution in [3.8, 4) is 0 Å². The first-order valence-electron chi connectivity index (χ1n) is 6.14. The Morgan fingerprint density at radius 1 is 1.40 bits per heavy atom. The maximum Gasteiger partial charge on any atom is 0.0987 e. The van der Waals surface area contributed by atoms with E-state index >= 15 is 0 Å². The van der Waals surface area contributed by atoms with Gasteiger partial charge in [0.15, 0.2) is 0 Å². The molecule has 1 rings (SSSR count). The van der Waals surface area contributed by atoms with E-state index in [1.54, 1.807) is 7.11 Å². The van der Waals surface area contributed by atoms with Crippen molar-refractivity contribution < 1.29 is 9.47 Å². The molecule has 1 aliphatic carbocycles. The predicted octanol–water partition coefficient (Wildman–Crippen LogP) is 1.96. The van der Waals surface area contributed by atoms with Gasteiger partial charge >= 0.3 is 0 Å². The van der Waals surface area contributed by atoms with Gasteiger partial charge in [0, 0.05) is 13.2 Å². The number of nitrogens with one attached hydrogen (secondary N) is 1. The normalized spacial score (nSPS) is 32.4. The zero-order valence-corrected chi connectivity index (χ0v) is 10.5. The maximum atomic E-state index is 5.94. The van der Waals surface area contributed by atoms with Crippen molar-refractivity contribution in [2.75, 3.05) is 13.7 Å². The number of hydrogen-bond acceptors (Lipinski definition) is 3. The number of hydrogen-bond donors (Lipinski definition) is 1. The fourth-order valence-corrected chi connectivity index (χ4v) is 2.27. The van der Waals surface area contributed by atoms with Crippen molar-refractivity contribution in [1.29, 1.82) is 0 Å². The fraction of sp³-hybridized carbons (Fsp3) is 1.00. The van der Waals surface area contributed by atoms with E-state index in [2.05, 4.69) is 26.1 Å². The highest BCUT2D eigenvalue weighted by Gasteiger charge is 2.42. The molecule has 0 saturated heterocycles. The fourth-order valence-electron chi connectivity index (χ4n) is 2.27. The summed E-state index contributed by atoms with van der Waals surface area (Å²) in [6.45, 7) is 7.47. The standard InChI is InChI=1S/C12H25NO2/c1-5-7-9(3)15-11-8-10(13-6-2)12(11)14-4/h9-13H,5-8H2,1-4H3. The van der Waals surface area contributed by atoms with E-state index in [1.165, 1.54) is 6.42 Å². The Balaban J connectivity index is 2.26. The van der Waals surface area contributed by atoms with Gasteiger partial charge < -0.3 is 14.8 Å². The van der Waals surface area contributed by atoms with Crippen LogP contribution in [0.25, 0.3) is 0 Å². The second-order valence-corrected chi connectivity index (χ2v) is 4.37. The summed E-state index contributed by atoms with van der Waals surface area (Å²) in [6, 6.07) is 0.485. The summed E-state index contributed by atoms with van der Waals surface area (Å²) in [5, 5.41) is 3.41. The smallest absolute Gasteiger partial charge is 0.0987 e. The van der Waals surface area contributed by atoms with E-state index in [0.717, 1.165) is 19.4 Å². The first-order valence-corrected chi connectivity index (χ1v) is 6.14. The molecule has 3 heteroatoms. The maximum absolute atomic E-state index is 5.94. The SMILES string of the molecule is CCCC(C)OC1CC(NCC)C1OC. The van der Waals surface area contributed by atoms with Crippen LogP contribution >= 0.6 is 0 Å². The predicted molar refractivity (Wildman–Crippen MR) is 62.1 cm³/mol. The molecule has 1 aliphatic rings. The molecule has 4 unspecified atom stereocenters. The van der Waals surface area contributed by atoms with Crippen molar-refractivity contribution in [2.45, 2.75) is 64.4 Å². The second-order valence-electron chi connectivity index (χ2n) is 4.37. The van der Waals surface area contributed by atoms with E-state index in [1.807, 2.05) is 0 Å². The third kappa shape index (κ3) is 3.44. The van der Waals surface area contributed by atoms with Crippen LogP contribution in [-0.4, -0.2) is 38.0 Å². The van der Waals surface area contributed by atoms with Crippen molar-refractivity contribution >= 4 is 0 Å². The summed E-state index contributed by atoms with van der Waals surface area (Å²) < 4.78 is 11.4. The van der Waals surface area contributed by atoms with E-state index in [9.17, 15) is 0 Å². The van der Waals surface area contributed by atoms with Gasteiger partial charge in [-0.05, 0) is 26.3 Å². The van der Waals surface area contributed by atoms with Gasteiger partial charge in [-0.2, -0.15) is 0 Å². The van der Waals surface area contributed by atoms with Crippen LogP contribution in [0.15, 0.2) is 0 Å². The Hall–Kier alpha value is -0.120. The van der Waals surface area contributed by atoms with Crippen molar-refractivity contribution in [1.82, 2.24) is 5.32 Å². The molecule has 1 saturated carbocycles. The highest BCUT2D eigenvalue weighted by Crippen LogP contribution is 2.28. The van der Waals surface area contributed by atoms with Crippen LogP contribution in [0.2, 0.25) is 0 Å². The summed E-state index contributed by atoms with van der Waals surface area (Å²) in [5.41, 5.74) is 0. The molecular formula is C12H25NO2. The van der Waals surface area contributed by atoms with Gasteiger partial charge in [0.05, 0.1) is 18.3 Å². The minimum atomic E-state index is 0.240. The van der Waals surface area contributed by atoms with Gasteiger partial charge in [-0.1, -0.05) is 20.3 Å². The lowest BCUT2D eigenvalue weighted by Crippen LogP contribution is -2.60. The topological polar surface area (TPSA) is 30.5 Å². The Bertz CT molecular complexity index is 175. The quantitative estimate of drug-likeness (QED) is 0.704. The molecule has 0 aromatic heterocycles. The summed E-state index contributed by atoms with van der Waals surface area (Å²) in [5.74, 6) is 0. The molecule has 1 fully saturated rings. The largest absolute Gasteiger partial charge is 0.377 e. The summed E-state index contributed by atoms with van der Waals surface area (Å²) >= 11 is 0. The van der Waals surface area contributed by atoms with Crippen molar-refractivity contribution in [2.24, 2.45) is 0 Å². The molecule has 0 radical (unpaired) electrons. The van der Waals surface area contributed by atoms with E-state index in [-0.39, 0.29) is 6.10 Å². The number of likely N-dealkylation sites (N-methyl/N-ethyl adjacent to an activating group) is 1. The van der Waals surface area contributed by atoms with Gasteiger partial charge in [0.2, 0.25) is 0 Å². The van der Waals surface area contributed by atoms with Crippen LogP contribution in [0, 0.1) is 0 Å². The number of ether oxygens (including phenoxy) is 2. The summed E-state index contributed by atoms with van der Waals surface area (Å²) in [6.07, 6.45) is 4.30. The monoisotopic (exact) mass is 215 g/mol. The zero-order chi connectivity index (χ0) is 11.3.